The van der Waals surface area contributed by atoms with Crippen LogP contribution in [0.15, 0.2) is 31.0 Å². The standard InChI is InChI=1S/C13H17N5O2/c1-11-4-5-15-13(12(11)18(19)20)16(2)7-3-8-17-9-6-14-10-17/h4-6,9-10H,3,7-8H2,1-2H3. The van der Waals surface area contributed by atoms with Crippen LogP contribution in [0.1, 0.15) is 12.0 Å². The van der Waals surface area contributed by atoms with E-state index >= 15 is 0 Å². The summed E-state index contributed by atoms with van der Waals surface area (Å²) in [6.45, 7) is 3.24. The molecule has 106 valence electrons. The van der Waals surface area contributed by atoms with E-state index in [2.05, 4.69) is 9.97 Å². The van der Waals surface area contributed by atoms with Crippen molar-refractivity contribution in [3.8, 4) is 0 Å². The molecule has 0 fully saturated rings. The van der Waals surface area contributed by atoms with Crippen LogP contribution in [-0.2, 0) is 6.54 Å². The SMILES string of the molecule is Cc1ccnc(N(C)CCCn2ccnc2)c1[N+](=O)[O-]. The molecule has 0 aliphatic carbocycles. The Hall–Kier alpha value is -2.44. The molecule has 7 heteroatoms. The zero-order valence-electron chi connectivity index (χ0n) is 11.6. The molecule has 0 unspecified atom stereocenters. The van der Waals surface area contributed by atoms with Crippen molar-refractivity contribution in [2.75, 3.05) is 18.5 Å². The Morgan fingerprint density at radius 3 is 2.90 bits per heavy atom. The molecule has 2 heterocycles. The average molecular weight is 275 g/mol. The molecule has 0 atom stereocenters. The summed E-state index contributed by atoms with van der Waals surface area (Å²) in [6, 6.07) is 1.65. The number of aryl methyl sites for hydroxylation is 2. The van der Waals surface area contributed by atoms with Gasteiger partial charge in [0, 0.05) is 44.3 Å². The summed E-state index contributed by atoms with van der Waals surface area (Å²) in [4.78, 5) is 20.7. The zero-order chi connectivity index (χ0) is 14.5. The Balaban J connectivity index is 2.03. The highest BCUT2D eigenvalue weighted by molar-refractivity contribution is 5.60. The summed E-state index contributed by atoms with van der Waals surface area (Å²) in [5.41, 5.74) is 0.707. The summed E-state index contributed by atoms with van der Waals surface area (Å²) >= 11 is 0. The fourth-order valence-corrected chi connectivity index (χ4v) is 2.06. The molecule has 0 N–H and O–H groups in total. The first-order chi connectivity index (χ1) is 9.59. The first kappa shape index (κ1) is 14.0. The van der Waals surface area contributed by atoms with Crippen molar-refractivity contribution >= 4 is 11.5 Å². The maximum absolute atomic E-state index is 11.1. The number of aromatic nitrogens is 3. The number of anilines is 1. The number of pyridine rings is 1. The monoisotopic (exact) mass is 275 g/mol. The van der Waals surface area contributed by atoms with Crippen molar-refractivity contribution in [1.82, 2.24) is 14.5 Å². The number of hydrogen-bond acceptors (Lipinski definition) is 5. The van der Waals surface area contributed by atoms with E-state index in [0.717, 1.165) is 13.0 Å². The summed E-state index contributed by atoms with van der Waals surface area (Å²) in [5, 5.41) is 11.1. The van der Waals surface area contributed by atoms with Crippen molar-refractivity contribution in [1.29, 1.82) is 0 Å². The molecule has 0 spiro atoms. The van der Waals surface area contributed by atoms with Crippen molar-refractivity contribution in [3.63, 3.8) is 0 Å². The Bertz CT molecular complexity index is 582. The molecule has 2 aromatic rings. The van der Waals surface area contributed by atoms with Gasteiger partial charge in [-0.15, -0.1) is 0 Å². The molecule has 0 bridgehead atoms. The normalized spacial score (nSPS) is 10.5. The number of nitro groups is 1. The van der Waals surface area contributed by atoms with Crippen LogP contribution < -0.4 is 4.90 Å². The highest BCUT2D eigenvalue weighted by Crippen LogP contribution is 2.28. The molecule has 0 saturated carbocycles. The Labute approximate surface area is 117 Å². The van der Waals surface area contributed by atoms with Crippen LogP contribution in [0.25, 0.3) is 0 Å². The third-order valence-corrected chi connectivity index (χ3v) is 3.12. The number of nitrogens with zero attached hydrogens (tertiary/aromatic N) is 5. The summed E-state index contributed by atoms with van der Waals surface area (Å²) in [6.07, 6.45) is 7.85. The lowest BCUT2D eigenvalue weighted by Gasteiger charge is -2.18. The first-order valence-corrected chi connectivity index (χ1v) is 6.36. The highest BCUT2D eigenvalue weighted by atomic mass is 16.6. The van der Waals surface area contributed by atoms with Gasteiger partial charge in [0.1, 0.15) is 0 Å². The molecule has 0 radical (unpaired) electrons. The van der Waals surface area contributed by atoms with E-state index in [4.69, 9.17) is 0 Å². The van der Waals surface area contributed by atoms with E-state index < -0.39 is 0 Å². The minimum Gasteiger partial charge on any atom is -0.354 e. The van der Waals surface area contributed by atoms with Gasteiger partial charge in [-0.3, -0.25) is 10.1 Å². The molecule has 0 aliphatic heterocycles. The predicted octanol–water partition coefficient (Wildman–Crippen LogP) is 2.02. The largest absolute Gasteiger partial charge is 0.354 e. The van der Waals surface area contributed by atoms with Crippen LogP contribution >= 0.6 is 0 Å². The van der Waals surface area contributed by atoms with E-state index in [9.17, 15) is 10.1 Å². The maximum Gasteiger partial charge on any atom is 0.314 e. The second-order valence-electron chi connectivity index (χ2n) is 4.63. The number of imidazole rings is 1. The lowest BCUT2D eigenvalue weighted by atomic mass is 10.2. The molecule has 0 aliphatic rings. The zero-order valence-corrected chi connectivity index (χ0v) is 11.6. The predicted molar refractivity (Wildman–Crippen MR) is 75.7 cm³/mol. The van der Waals surface area contributed by atoms with Gasteiger partial charge in [-0.25, -0.2) is 9.97 Å². The van der Waals surface area contributed by atoms with Crippen molar-refractivity contribution < 1.29 is 4.92 Å². The molecule has 20 heavy (non-hydrogen) atoms. The molecular weight excluding hydrogens is 258 g/mol. The lowest BCUT2D eigenvalue weighted by Crippen LogP contribution is -2.22. The third kappa shape index (κ3) is 3.11. The molecular formula is C13H17N5O2. The van der Waals surface area contributed by atoms with E-state index in [1.807, 2.05) is 22.7 Å². The van der Waals surface area contributed by atoms with Crippen molar-refractivity contribution in [3.05, 3.63) is 46.7 Å². The van der Waals surface area contributed by atoms with Crippen molar-refractivity contribution in [2.45, 2.75) is 19.9 Å². The Morgan fingerprint density at radius 1 is 1.45 bits per heavy atom. The molecule has 0 saturated heterocycles. The van der Waals surface area contributed by atoms with Gasteiger partial charge in [0.15, 0.2) is 0 Å². The van der Waals surface area contributed by atoms with Gasteiger partial charge in [-0.1, -0.05) is 0 Å². The van der Waals surface area contributed by atoms with Crippen LogP contribution in [0.4, 0.5) is 11.5 Å². The highest BCUT2D eigenvalue weighted by Gasteiger charge is 2.21. The second kappa shape index (κ2) is 6.14. The van der Waals surface area contributed by atoms with Crippen molar-refractivity contribution in [2.24, 2.45) is 0 Å². The van der Waals surface area contributed by atoms with Gasteiger partial charge in [0.2, 0.25) is 5.82 Å². The van der Waals surface area contributed by atoms with Crippen LogP contribution in [0.2, 0.25) is 0 Å². The lowest BCUT2D eigenvalue weighted by molar-refractivity contribution is -0.384. The summed E-state index contributed by atoms with van der Waals surface area (Å²) in [7, 11) is 1.82. The molecule has 7 nitrogen and oxygen atoms in total. The summed E-state index contributed by atoms with van der Waals surface area (Å²) < 4.78 is 1.98. The van der Waals surface area contributed by atoms with E-state index in [1.54, 1.807) is 31.7 Å². The average Bonchev–Trinajstić information content (AvgIpc) is 2.91. The minimum absolute atomic E-state index is 0.0811. The van der Waals surface area contributed by atoms with Gasteiger partial charge in [-0.2, -0.15) is 0 Å². The number of hydrogen-bond donors (Lipinski definition) is 0. The van der Waals surface area contributed by atoms with Gasteiger partial charge < -0.3 is 9.47 Å². The van der Waals surface area contributed by atoms with Gasteiger partial charge in [0.25, 0.3) is 0 Å². The van der Waals surface area contributed by atoms with E-state index in [-0.39, 0.29) is 10.6 Å². The fourth-order valence-electron chi connectivity index (χ4n) is 2.06. The van der Waals surface area contributed by atoms with Gasteiger partial charge >= 0.3 is 5.69 Å². The maximum atomic E-state index is 11.1. The first-order valence-electron chi connectivity index (χ1n) is 6.36. The molecule has 0 aromatic carbocycles. The second-order valence-corrected chi connectivity index (χ2v) is 4.63. The summed E-state index contributed by atoms with van der Waals surface area (Å²) in [5.74, 6) is 0.417. The van der Waals surface area contributed by atoms with Gasteiger partial charge in [0.05, 0.1) is 11.3 Å². The minimum atomic E-state index is -0.371. The third-order valence-electron chi connectivity index (χ3n) is 3.12. The molecule has 2 rings (SSSR count). The van der Waals surface area contributed by atoms with Crippen LogP contribution in [0.5, 0.6) is 0 Å². The quantitative estimate of drug-likeness (QED) is 0.595. The Morgan fingerprint density at radius 2 is 2.25 bits per heavy atom. The van der Waals surface area contributed by atoms with Gasteiger partial charge in [-0.05, 0) is 19.4 Å². The Kier molecular flexibility index (Phi) is 4.29. The molecule has 2 aromatic heterocycles. The number of rotatable bonds is 6. The van der Waals surface area contributed by atoms with Crippen LogP contribution in [0.3, 0.4) is 0 Å². The van der Waals surface area contributed by atoms with Crippen LogP contribution in [0, 0.1) is 17.0 Å². The molecule has 0 amide bonds. The van der Waals surface area contributed by atoms with E-state index in [1.165, 1.54) is 0 Å². The van der Waals surface area contributed by atoms with E-state index in [0.29, 0.717) is 17.9 Å². The fraction of sp³-hybridized carbons (Fsp3) is 0.385. The van der Waals surface area contributed by atoms with Crippen LogP contribution in [-0.4, -0.2) is 33.1 Å². The smallest absolute Gasteiger partial charge is 0.314 e. The topological polar surface area (TPSA) is 77.1 Å².